The zero-order valence-corrected chi connectivity index (χ0v) is 19.2. The third kappa shape index (κ3) is 2.98. The molecule has 0 radical (unpaired) electrons. The van der Waals surface area contributed by atoms with E-state index in [0.29, 0.717) is 6.61 Å². The summed E-state index contributed by atoms with van der Waals surface area (Å²) in [4.78, 5) is 14.7. The lowest BCUT2D eigenvalue weighted by atomic mass is 9.99. The van der Waals surface area contributed by atoms with Crippen molar-refractivity contribution in [2.75, 3.05) is 6.61 Å². The number of benzene rings is 3. The Bertz CT molecular complexity index is 1510. The van der Waals surface area contributed by atoms with Gasteiger partial charge in [-0.15, -0.1) is 4.99 Å². The van der Waals surface area contributed by atoms with E-state index in [-0.39, 0.29) is 24.0 Å². The smallest absolute Gasteiger partial charge is 0.595 e. The van der Waals surface area contributed by atoms with Gasteiger partial charge in [-0.3, -0.25) is 0 Å². The second-order valence-corrected chi connectivity index (χ2v) is 7.26. The molecule has 152 valence electrons. The highest BCUT2D eigenvalue weighted by Gasteiger charge is 2.16. The number of carbonyl (C=O) groups is 1. The summed E-state index contributed by atoms with van der Waals surface area (Å²) < 4.78 is 9.51. The SMILES string of the molecule is CCOC(=O)/[NH+]=c1\ccc2c3cccc4c3c(c3ccccc3n4C)n(C)c2c1.[I-]. The fraction of sp³-hybridized carbons (Fsp3) is 0.167. The summed E-state index contributed by atoms with van der Waals surface area (Å²) in [5.74, 6) is 0. The van der Waals surface area contributed by atoms with Crippen molar-refractivity contribution in [3.8, 4) is 0 Å². The van der Waals surface area contributed by atoms with E-state index in [1.807, 2.05) is 12.1 Å². The van der Waals surface area contributed by atoms with Gasteiger partial charge in [0.05, 0.1) is 28.7 Å². The van der Waals surface area contributed by atoms with Crippen molar-refractivity contribution in [2.24, 2.45) is 14.1 Å². The topological polar surface area (TPSA) is 50.1 Å². The molecule has 0 saturated heterocycles. The second kappa shape index (κ2) is 7.75. The monoisotopic (exact) mass is 511 g/mol. The van der Waals surface area contributed by atoms with Gasteiger partial charge in [0.15, 0.2) is 0 Å². The van der Waals surface area contributed by atoms with Gasteiger partial charge in [-0.2, -0.15) is 4.79 Å². The molecule has 0 saturated carbocycles. The number of hydrogen-bond acceptors (Lipinski definition) is 2. The number of ether oxygens (including phenoxy) is 1. The zero-order valence-electron chi connectivity index (χ0n) is 17.1. The highest BCUT2D eigenvalue weighted by molar-refractivity contribution is 6.24. The van der Waals surface area contributed by atoms with Gasteiger partial charge in [0, 0.05) is 42.4 Å². The van der Waals surface area contributed by atoms with E-state index in [1.165, 1.54) is 32.7 Å². The maximum absolute atomic E-state index is 11.9. The van der Waals surface area contributed by atoms with Crippen LogP contribution in [0.15, 0.2) is 60.7 Å². The Hall–Kier alpha value is -2.87. The van der Waals surface area contributed by atoms with Gasteiger partial charge >= 0.3 is 6.09 Å². The predicted molar refractivity (Wildman–Crippen MR) is 116 cm³/mol. The van der Waals surface area contributed by atoms with Crippen molar-refractivity contribution < 1.29 is 38.5 Å². The summed E-state index contributed by atoms with van der Waals surface area (Å²) in [6, 6.07) is 20.9. The standard InChI is InChI=1S/C24H21N3O2.HI/c1-4-29-24(28)25-15-12-13-16-17-9-7-11-20-22(17)23(27(3)21(16)14-15)18-8-5-6-10-19(18)26(20)2;/h5-14H,4H2,1-3H3;1H/b25-15+;. The first kappa shape index (κ1) is 20.4. The van der Waals surface area contributed by atoms with Crippen LogP contribution in [0.25, 0.3) is 43.6 Å². The second-order valence-electron chi connectivity index (χ2n) is 7.26. The minimum atomic E-state index is -0.439. The number of hydrogen-bond donors (Lipinski definition) is 1. The number of halogens is 1. The third-order valence-electron chi connectivity index (χ3n) is 5.67. The number of aryl methyl sites for hydroxylation is 2. The van der Waals surface area contributed by atoms with E-state index in [9.17, 15) is 4.79 Å². The first-order valence-electron chi connectivity index (χ1n) is 9.75. The largest absolute Gasteiger partial charge is 1.00 e. The molecule has 0 unspecified atom stereocenters. The highest BCUT2D eigenvalue weighted by Crippen LogP contribution is 2.36. The molecule has 5 nitrogen and oxygen atoms in total. The van der Waals surface area contributed by atoms with E-state index in [2.05, 4.69) is 76.8 Å². The van der Waals surface area contributed by atoms with Crippen LogP contribution in [0.4, 0.5) is 4.79 Å². The van der Waals surface area contributed by atoms with Gasteiger partial charge in [0.2, 0.25) is 5.36 Å². The molecular weight excluding hydrogens is 489 g/mol. The van der Waals surface area contributed by atoms with Crippen molar-refractivity contribution in [3.05, 3.63) is 66.0 Å². The summed E-state index contributed by atoms with van der Waals surface area (Å²) in [6.07, 6.45) is -0.439. The minimum absolute atomic E-state index is 0. The molecule has 30 heavy (non-hydrogen) atoms. The Kier molecular flexibility index (Phi) is 5.27. The van der Waals surface area contributed by atoms with E-state index in [4.69, 9.17) is 4.74 Å². The number of carbonyl (C=O) groups excluding carboxylic acids is 1. The number of fused-ring (bicyclic) bond motifs is 4. The molecule has 1 amide bonds. The molecule has 0 spiro atoms. The van der Waals surface area contributed by atoms with E-state index >= 15 is 0 Å². The number of pyridine rings is 2. The van der Waals surface area contributed by atoms with Crippen LogP contribution in [0, 0.1) is 0 Å². The lowest BCUT2D eigenvalue weighted by Gasteiger charge is -2.20. The first-order chi connectivity index (χ1) is 14.1. The number of para-hydroxylation sites is 1. The Balaban J connectivity index is 0.00000218. The quantitative estimate of drug-likeness (QED) is 0.198. The maximum Gasteiger partial charge on any atom is 0.595 e. The first-order valence-corrected chi connectivity index (χ1v) is 9.75. The van der Waals surface area contributed by atoms with Crippen LogP contribution in [0.2, 0.25) is 0 Å². The molecule has 0 bridgehead atoms. The summed E-state index contributed by atoms with van der Waals surface area (Å²) in [5.41, 5.74) is 4.62. The Morgan fingerprint density at radius 2 is 1.60 bits per heavy atom. The molecule has 3 aromatic carbocycles. The van der Waals surface area contributed by atoms with Crippen molar-refractivity contribution in [3.63, 3.8) is 0 Å². The summed E-state index contributed by atoms with van der Waals surface area (Å²) in [7, 11) is 4.21. The van der Waals surface area contributed by atoms with Gasteiger partial charge in [-0.1, -0.05) is 30.3 Å². The zero-order chi connectivity index (χ0) is 20.1. The predicted octanol–water partition coefficient (Wildman–Crippen LogP) is 0.118. The van der Waals surface area contributed by atoms with Crippen molar-refractivity contribution in [2.45, 2.75) is 6.92 Å². The van der Waals surface area contributed by atoms with Crippen LogP contribution in [0.3, 0.4) is 0 Å². The van der Waals surface area contributed by atoms with Crippen LogP contribution in [-0.4, -0.2) is 21.8 Å². The van der Waals surface area contributed by atoms with Crippen LogP contribution in [-0.2, 0) is 18.8 Å². The molecule has 0 atom stereocenters. The molecule has 0 aliphatic heterocycles. The number of aromatic nitrogens is 2. The van der Waals surface area contributed by atoms with Gasteiger partial charge in [-0.05, 0) is 30.5 Å². The third-order valence-corrected chi connectivity index (χ3v) is 5.67. The van der Waals surface area contributed by atoms with Crippen LogP contribution in [0.5, 0.6) is 0 Å². The summed E-state index contributed by atoms with van der Waals surface area (Å²) in [5, 5.41) is 5.52. The molecule has 1 N–H and O–H groups in total. The molecule has 2 aromatic heterocycles. The van der Waals surface area contributed by atoms with Crippen LogP contribution in [0.1, 0.15) is 6.92 Å². The summed E-state index contributed by atoms with van der Waals surface area (Å²) in [6.45, 7) is 2.14. The number of amides is 1. The molecule has 5 rings (SSSR count). The molecule has 0 aliphatic carbocycles. The molecular formula is C24H22IN3O2. The summed E-state index contributed by atoms with van der Waals surface area (Å²) >= 11 is 0. The Morgan fingerprint density at radius 1 is 0.867 bits per heavy atom. The van der Waals surface area contributed by atoms with E-state index in [0.717, 1.165) is 16.3 Å². The normalized spacial score (nSPS) is 12.0. The van der Waals surface area contributed by atoms with Gasteiger partial charge in [0.25, 0.3) is 0 Å². The minimum Gasteiger partial charge on any atom is -1.00 e. The fourth-order valence-electron chi connectivity index (χ4n) is 4.39. The van der Waals surface area contributed by atoms with E-state index in [1.54, 1.807) is 6.92 Å². The van der Waals surface area contributed by atoms with Gasteiger partial charge in [0.1, 0.15) is 0 Å². The average Bonchev–Trinajstić information content (AvgIpc) is 2.73. The number of rotatable bonds is 1. The molecule has 6 heteroatoms. The van der Waals surface area contributed by atoms with Crippen LogP contribution < -0.4 is 34.3 Å². The lowest BCUT2D eigenvalue weighted by molar-refractivity contribution is -0.412. The fourth-order valence-corrected chi connectivity index (χ4v) is 4.39. The van der Waals surface area contributed by atoms with Crippen LogP contribution >= 0.6 is 0 Å². The van der Waals surface area contributed by atoms with Gasteiger partial charge in [-0.25, -0.2) is 0 Å². The Labute approximate surface area is 190 Å². The maximum atomic E-state index is 11.9. The van der Waals surface area contributed by atoms with E-state index < -0.39 is 6.09 Å². The average molecular weight is 511 g/mol. The number of nitrogens with zero attached hydrogens (tertiary/aromatic N) is 2. The molecule has 0 aliphatic rings. The number of nitrogens with one attached hydrogen (secondary N) is 1. The van der Waals surface area contributed by atoms with Gasteiger partial charge < -0.3 is 37.8 Å². The Morgan fingerprint density at radius 3 is 2.40 bits per heavy atom. The molecule has 5 aromatic rings. The highest BCUT2D eigenvalue weighted by atomic mass is 127. The van der Waals surface area contributed by atoms with Crippen molar-refractivity contribution in [1.82, 2.24) is 9.13 Å². The van der Waals surface area contributed by atoms with Crippen molar-refractivity contribution >= 4 is 49.7 Å². The lowest BCUT2D eigenvalue weighted by Crippen LogP contribution is -3.00. The molecule has 2 heterocycles. The molecule has 0 fully saturated rings. The van der Waals surface area contributed by atoms with Crippen molar-refractivity contribution in [1.29, 1.82) is 0 Å².